The number of hydrogen-bond acceptors (Lipinski definition) is 3. The second-order valence-electron chi connectivity index (χ2n) is 5.76. The molecule has 1 N–H and O–H groups in total. The van der Waals surface area contributed by atoms with Gasteiger partial charge in [-0.1, -0.05) is 17.7 Å². The minimum atomic E-state index is 0.695. The summed E-state index contributed by atoms with van der Waals surface area (Å²) in [6.07, 6.45) is 1.77. The van der Waals surface area contributed by atoms with Crippen molar-refractivity contribution in [3.8, 4) is 39.8 Å². The van der Waals surface area contributed by atoms with Crippen molar-refractivity contribution in [3.05, 3.63) is 77.9 Å². The smallest absolute Gasteiger partial charge is 0.138 e. The quantitative estimate of drug-likeness (QED) is 0.524. The highest BCUT2D eigenvalue weighted by Crippen LogP contribution is 2.33. The molecular weight excluding hydrogens is 346 g/mol. The molecule has 0 amide bonds. The number of imidazole rings is 1. The van der Waals surface area contributed by atoms with Gasteiger partial charge in [-0.15, -0.1) is 0 Å². The minimum Gasteiger partial charge on any atom is -0.497 e. The molecule has 4 rings (SSSR count). The van der Waals surface area contributed by atoms with Crippen molar-refractivity contribution in [1.29, 1.82) is 0 Å². The second kappa shape index (κ2) is 7.02. The molecule has 0 aliphatic heterocycles. The summed E-state index contributed by atoms with van der Waals surface area (Å²) in [7, 11) is 1.65. The van der Waals surface area contributed by atoms with Gasteiger partial charge in [-0.2, -0.15) is 0 Å². The Balaban J connectivity index is 1.86. The van der Waals surface area contributed by atoms with Crippen molar-refractivity contribution in [2.45, 2.75) is 0 Å². The third-order valence-corrected chi connectivity index (χ3v) is 4.36. The molecular formula is C21H16ClN3O. The average molecular weight is 362 g/mol. The van der Waals surface area contributed by atoms with E-state index in [1.54, 1.807) is 13.3 Å². The number of ether oxygens (including phenoxy) is 1. The first-order valence-corrected chi connectivity index (χ1v) is 8.54. The molecule has 2 heterocycles. The van der Waals surface area contributed by atoms with Crippen LogP contribution in [0.4, 0.5) is 0 Å². The van der Waals surface area contributed by atoms with E-state index in [0.29, 0.717) is 5.02 Å². The normalized spacial score (nSPS) is 10.7. The van der Waals surface area contributed by atoms with Gasteiger partial charge in [-0.3, -0.25) is 4.98 Å². The maximum atomic E-state index is 6.00. The van der Waals surface area contributed by atoms with E-state index in [1.165, 1.54) is 0 Å². The topological polar surface area (TPSA) is 50.8 Å². The van der Waals surface area contributed by atoms with Crippen LogP contribution in [0, 0.1) is 0 Å². The Labute approximate surface area is 156 Å². The van der Waals surface area contributed by atoms with Crippen LogP contribution in [-0.2, 0) is 0 Å². The van der Waals surface area contributed by atoms with Crippen molar-refractivity contribution in [2.24, 2.45) is 0 Å². The van der Waals surface area contributed by atoms with Crippen LogP contribution in [0.3, 0.4) is 0 Å². The van der Waals surface area contributed by atoms with Crippen molar-refractivity contribution in [2.75, 3.05) is 7.11 Å². The highest BCUT2D eigenvalue weighted by Gasteiger charge is 2.16. The van der Waals surface area contributed by atoms with Crippen molar-refractivity contribution in [3.63, 3.8) is 0 Å². The van der Waals surface area contributed by atoms with E-state index < -0.39 is 0 Å². The molecule has 128 valence electrons. The number of aromatic amines is 1. The molecule has 26 heavy (non-hydrogen) atoms. The lowest BCUT2D eigenvalue weighted by molar-refractivity contribution is 0.415. The number of nitrogens with zero attached hydrogens (tertiary/aromatic N) is 2. The Morgan fingerprint density at radius 2 is 1.62 bits per heavy atom. The van der Waals surface area contributed by atoms with E-state index in [2.05, 4.69) is 9.97 Å². The standard InChI is InChI=1S/C21H16ClN3O/c1-26-17-11-7-14(8-12-17)19-20(18-4-2-3-13-23-18)25-21(24-19)15-5-9-16(22)10-6-15/h2-13H,1H3,(H,24,25). The molecule has 0 unspecified atom stereocenters. The molecule has 0 aliphatic rings. The summed E-state index contributed by atoms with van der Waals surface area (Å²) < 4.78 is 5.25. The Morgan fingerprint density at radius 1 is 0.885 bits per heavy atom. The summed E-state index contributed by atoms with van der Waals surface area (Å²) in [5.41, 5.74) is 4.51. The minimum absolute atomic E-state index is 0.695. The molecule has 0 spiro atoms. The van der Waals surface area contributed by atoms with E-state index in [4.69, 9.17) is 21.3 Å². The number of halogens is 1. The zero-order valence-electron chi connectivity index (χ0n) is 14.1. The van der Waals surface area contributed by atoms with Crippen LogP contribution < -0.4 is 4.74 Å². The van der Waals surface area contributed by atoms with Gasteiger partial charge in [-0.05, 0) is 60.7 Å². The van der Waals surface area contributed by atoms with Crippen LogP contribution in [-0.4, -0.2) is 22.1 Å². The van der Waals surface area contributed by atoms with Crippen LogP contribution in [0.1, 0.15) is 0 Å². The van der Waals surface area contributed by atoms with Gasteiger partial charge in [0.25, 0.3) is 0 Å². The molecule has 0 saturated heterocycles. The number of pyridine rings is 1. The van der Waals surface area contributed by atoms with Gasteiger partial charge < -0.3 is 9.72 Å². The summed E-state index contributed by atoms with van der Waals surface area (Å²) >= 11 is 6.00. The van der Waals surface area contributed by atoms with Crippen molar-refractivity contribution >= 4 is 11.6 Å². The van der Waals surface area contributed by atoms with Gasteiger partial charge in [0, 0.05) is 22.3 Å². The Morgan fingerprint density at radius 3 is 2.27 bits per heavy atom. The molecule has 0 bridgehead atoms. The first kappa shape index (κ1) is 16.4. The summed E-state index contributed by atoms with van der Waals surface area (Å²) in [6.45, 7) is 0. The molecule has 0 atom stereocenters. The fraction of sp³-hybridized carbons (Fsp3) is 0.0476. The number of methoxy groups -OCH3 is 1. The Kier molecular flexibility index (Phi) is 4.42. The first-order valence-electron chi connectivity index (χ1n) is 8.16. The van der Waals surface area contributed by atoms with E-state index in [-0.39, 0.29) is 0 Å². The first-order chi connectivity index (χ1) is 12.7. The molecule has 4 aromatic rings. The SMILES string of the molecule is COc1ccc(-c2nc(-c3ccc(Cl)cc3)[nH]c2-c2ccccn2)cc1. The van der Waals surface area contributed by atoms with E-state index >= 15 is 0 Å². The lowest BCUT2D eigenvalue weighted by atomic mass is 10.1. The molecule has 0 aliphatic carbocycles. The lowest BCUT2D eigenvalue weighted by Gasteiger charge is -2.04. The highest BCUT2D eigenvalue weighted by molar-refractivity contribution is 6.30. The number of hydrogen-bond donors (Lipinski definition) is 1. The van der Waals surface area contributed by atoms with Crippen LogP contribution in [0.5, 0.6) is 5.75 Å². The molecule has 4 nitrogen and oxygen atoms in total. The third-order valence-electron chi connectivity index (χ3n) is 4.11. The molecule has 0 saturated carbocycles. The van der Waals surface area contributed by atoms with Gasteiger partial charge in [0.15, 0.2) is 0 Å². The van der Waals surface area contributed by atoms with Crippen molar-refractivity contribution in [1.82, 2.24) is 15.0 Å². The third kappa shape index (κ3) is 3.19. The number of rotatable bonds is 4. The Hall–Kier alpha value is -3.11. The van der Waals surface area contributed by atoms with Gasteiger partial charge in [-0.25, -0.2) is 4.98 Å². The second-order valence-corrected chi connectivity index (χ2v) is 6.20. The largest absolute Gasteiger partial charge is 0.497 e. The number of nitrogens with one attached hydrogen (secondary N) is 1. The maximum absolute atomic E-state index is 6.00. The fourth-order valence-electron chi connectivity index (χ4n) is 2.77. The number of benzene rings is 2. The van der Waals surface area contributed by atoms with E-state index in [0.717, 1.165) is 39.8 Å². The van der Waals surface area contributed by atoms with Crippen molar-refractivity contribution < 1.29 is 4.74 Å². The Bertz CT molecular complexity index is 1010. The maximum Gasteiger partial charge on any atom is 0.138 e. The molecule has 0 radical (unpaired) electrons. The number of aromatic nitrogens is 3. The number of H-pyrrole nitrogens is 1. The molecule has 2 aromatic carbocycles. The van der Waals surface area contributed by atoms with Gasteiger partial charge in [0.2, 0.25) is 0 Å². The lowest BCUT2D eigenvalue weighted by Crippen LogP contribution is -1.87. The van der Waals surface area contributed by atoms with Crippen LogP contribution in [0.25, 0.3) is 34.0 Å². The highest BCUT2D eigenvalue weighted by atomic mass is 35.5. The van der Waals surface area contributed by atoms with Gasteiger partial charge in [0.05, 0.1) is 24.2 Å². The molecule has 0 fully saturated rings. The summed E-state index contributed by atoms with van der Waals surface area (Å²) in [5, 5.41) is 0.695. The predicted octanol–water partition coefficient (Wildman–Crippen LogP) is 5.47. The van der Waals surface area contributed by atoms with Gasteiger partial charge in [0.1, 0.15) is 11.6 Å². The summed E-state index contributed by atoms with van der Waals surface area (Å²) in [5.74, 6) is 1.58. The van der Waals surface area contributed by atoms with Crippen LogP contribution in [0.15, 0.2) is 72.9 Å². The monoisotopic (exact) mass is 361 g/mol. The van der Waals surface area contributed by atoms with Crippen LogP contribution >= 0.6 is 11.6 Å². The summed E-state index contributed by atoms with van der Waals surface area (Å²) in [6, 6.07) is 21.3. The average Bonchev–Trinajstić information content (AvgIpc) is 3.15. The summed E-state index contributed by atoms with van der Waals surface area (Å²) in [4.78, 5) is 12.7. The zero-order chi connectivity index (χ0) is 17.9. The molecule has 5 heteroatoms. The fourth-order valence-corrected chi connectivity index (χ4v) is 2.90. The van der Waals surface area contributed by atoms with E-state index in [9.17, 15) is 0 Å². The zero-order valence-corrected chi connectivity index (χ0v) is 14.9. The van der Waals surface area contributed by atoms with Gasteiger partial charge >= 0.3 is 0 Å². The van der Waals surface area contributed by atoms with Crippen LogP contribution in [0.2, 0.25) is 5.02 Å². The molecule has 2 aromatic heterocycles. The van der Waals surface area contributed by atoms with E-state index in [1.807, 2.05) is 66.7 Å². The predicted molar refractivity (Wildman–Crippen MR) is 104 cm³/mol.